The molecule has 0 aliphatic heterocycles. The molecule has 0 aliphatic rings. The first-order valence-corrected chi connectivity index (χ1v) is 7.76. The highest BCUT2D eigenvalue weighted by molar-refractivity contribution is 6.10. The lowest BCUT2D eigenvalue weighted by atomic mass is 9.98. The fourth-order valence-corrected chi connectivity index (χ4v) is 2.50. The maximum atomic E-state index is 12.8. The van der Waals surface area contributed by atoms with E-state index >= 15 is 0 Å². The maximum Gasteiger partial charge on any atom is 0.355 e. The lowest BCUT2D eigenvalue weighted by Gasteiger charge is -2.07. The van der Waals surface area contributed by atoms with Gasteiger partial charge in [-0.2, -0.15) is 5.26 Å². The Morgan fingerprint density at radius 3 is 2.08 bits per heavy atom. The molecule has 4 heteroatoms. The first-order chi connectivity index (χ1) is 12.0. The predicted molar refractivity (Wildman–Crippen MR) is 94.5 cm³/mol. The Bertz CT molecular complexity index is 1040. The molecule has 0 radical (unpaired) electrons. The largest absolute Gasteiger partial charge is 0.422 e. The number of hydrogen-bond acceptors (Lipinski definition) is 4. The standard InChI is InChI=1S/C21H15NO3/c1-13-3-7-15(8-4-13)19-11-17(18(12-22)21(24)25-19)20(23)16-9-5-14(2)6-10-16/h3-11H,1-2H3. The Hall–Kier alpha value is -3.45. The van der Waals surface area contributed by atoms with E-state index in [1.54, 1.807) is 30.3 Å². The van der Waals surface area contributed by atoms with Gasteiger partial charge in [-0.1, -0.05) is 59.7 Å². The van der Waals surface area contributed by atoms with Crippen LogP contribution in [0.5, 0.6) is 0 Å². The summed E-state index contributed by atoms with van der Waals surface area (Å²) in [6, 6.07) is 17.6. The fraction of sp³-hybridized carbons (Fsp3) is 0.0952. The van der Waals surface area contributed by atoms with Gasteiger partial charge in [-0.25, -0.2) is 4.79 Å². The summed E-state index contributed by atoms with van der Waals surface area (Å²) in [6.45, 7) is 3.87. The highest BCUT2D eigenvalue weighted by Gasteiger charge is 2.20. The number of carbonyl (C=O) groups is 1. The van der Waals surface area contributed by atoms with E-state index in [1.807, 2.05) is 38.1 Å². The molecule has 2 aromatic carbocycles. The minimum Gasteiger partial charge on any atom is -0.422 e. The lowest BCUT2D eigenvalue weighted by molar-refractivity contribution is 0.103. The normalized spacial score (nSPS) is 10.3. The average Bonchev–Trinajstić information content (AvgIpc) is 2.61. The Labute approximate surface area is 145 Å². The minimum atomic E-state index is -0.809. The van der Waals surface area contributed by atoms with Crippen LogP contribution in [-0.4, -0.2) is 5.78 Å². The van der Waals surface area contributed by atoms with Gasteiger partial charge in [0.25, 0.3) is 0 Å². The van der Waals surface area contributed by atoms with Crippen molar-refractivity contribution in [2.24, 2.45) is 0 Å². The topological polar surface area (TPSA) is 71.1 Å². The van der Waals surface area contributed by atoms with Gasteiger partial charge in [0.15, 0.2) is 5.78 Å². The van der Waals surface area contributed by atoms with Crippen molar-refractivity contribution in [3.05, 3.63) is 92.8 Å². The summed E-state index contributed by atoms with van der Waals surface area (Å²) in [6.07, 6.45) is 0. The van der Waals surface area contributed by atoms with Crippen molar-refractivity contribution < 1.29 is 9.21 Å². The molecule has 0 fully saturated rings. The van der Waals surface area contributed by atoms with Crippen LogP contribution in [0.15, 0.2) is 63.8 Å². The maximum absolute atomic E-state index is 12.8. The van der Waals surface area contributed by atoms with Gasteiger partial charge in [0.1, 0.15) is 17.4 Å². The molecular weight excluding hydrogens is 314 g/mol. The van der Waals surface area contributed by atoms with Gasteiger partial charge in [-0.05, 0) is 19.9 Å². The van der Waals surface area contributed by atoms with E-state index in [0.717, 1.165) is 11.1 Å². The molecule has 1 heterocycles. The smallest absolute Gasteiger partial charge is 0.355 e. The molecule has 0 unspecified atom stereocenters. The van der Waals surface area contributed by atoms with Crippen LogP contribution in [0.1, 0.15) is 32.6 Å². The third kappa shape index (κ3) is 3.26. The lowest BCUT2D eigenvalue weighted by Crippen LogP contribution is -2.14. The summed E-state index contributed by atoms with van der Waals surface area (Å²) in [5.74, 6) is -0.114. The van der Waals surface area contributed by atoms with Gasteiger partial charge in [-0.15, -0.1) is 0 Å². The van der Waals surface area contributed by atoms with E-state index in [4.69, 9.17) is 4.42 Å². The number of aryl methyl sites for hydroxylation is 2. The molecule has 0 bridgehead atoms. The molecule has 1 aromatic heterocycles. The van der Waals surface area contributed by atoms with Crippen LogP contribution in [0.2, 0.25) is 0 Å². The molecule has 0 spiro atoms. The summed E-state index contributed by atoms with van der Waals surface area (Å²) in [5.41, 5.74) is 2.14. The summed E-state index contributed by atoms with van der Waals surface area (Å²) < 4.78 is 5.24. The molecular formula is C21H15NO3. The van der Waals surface area contributed by atoms with Gasteiger partial charge in [0, 0.05) is 11.1 Å². The Kier molecular flexibility index (Phi) is 4.32. The van der Waals surface area contributed by atoms with Crippen LogP contribution < -0.4 is 5.63 Å². The van der Waals surface area contributed by atoms with Gasteiger partial charge < -0.3 is 4.42 Å². The Morgan fingerprint density at radius 1 is 0.960 bits per heavy atom. The fourth-order valence-electron chi connectivity index (χ4n) is 2.50. The van der Waals surface area contributed by atoms with Gasteiger partial charge >= 0.3 is 5.63 Å². The van der Waals surface area contributed by atoms with E-state index in [1.165, 1.54) is 6.07 Å². The second kappa shape index (κ2) is 6.58. The number of hydrogen-bond donors (Lipinski definition) is 0. The summed E-state index contributed by atoms with van der Waals surface area (Å²) in [4.78, 5) is 25.0. The quantitative estimate of drug-likeness (QED) is 0.680. The van der Waals surface area contributed by atoms with Crippen LogP contribution in [0.3, 0.4) is 0 Å². The number of benzene rings is 2. The van der Waals surface area contributed by atoms with Gasteiger partial charge in [-0.3, -0.25) is 4.79 Å². The van der Waals surface area contributed by atoms with Crippen molar-refractivity contribution in [1.29, 1.82) is 5.26 Å². The molecule has 4 nitrogen and oxygen atoms in total. The molecule has 0 N–H and O–H groups in total. The molecule has 3 rings (SSSR count). The highest BCUT2D eigenvalue weighted by atomic mass is 16.4. The minimum absolute atomic E-state index is 0.0539. The SMILES string of the molecule is Cc1ccc(C(=O)c2cc(-c3ccc(C)cc3)oc(=O)c2C#N)cc1. The third-order valence-electron chi connectivity index (χ3n) is 3.96. The van der Waals surface area contributed by atoms with Crippen molar-refractivity contribution in [2.75, 3.05) is 0 Å². The highest BCUT2D eigenvalue weighted by Crippen LogP contribution is 2.22. The van der Waals surface area contributed by atoms with E-state index in [2.05, 4.69) is 0 Å². The van der Waals surface area contributed by atoms with Crippen molar-refractivity contribution in [3.63, 3.8) is 0 Å². The van der Waals surface area contributed by atoms with E-state index < -0.39 is 5.63 Å². The number of ketones is 1. The molecule has 122 valence electrons. The molecule has 0 amide bonds. The van der Waals surface area contributed by atoms with Crippen LogP contribution in [0.4, 0.5) is 0 Å². The second-order valence-electron chi connectivity index (χ2n) is 5.86. The van der Waals surface area contributed by atoms with E-state index in [-0.39, 0.29) is 22.7 Å². The molecule has 3 aromatic rings. The molecule has 0 atom stereocenters. The van der Waals surface area contributed by atoms with Crippen molar-refractivity contribution in [3.8, 4) is 17.4 Å². The van der Waals surface area contributed by atoms with E-state index in [9.17, 15) is 14.9 Å². The molecule has 0 aliphatic carbocycles. The van der Waals surface area contributed by atoms with Crippen molar-refractivity contribution in [1.82, 2.24) is 0 Å². The summed E-state index contributed by atoms with van der Waals surface area (Å²) in [5, 5.41) is 9.27. The monoisotopic (exact) mass is 329 g/mol. The third-order valence-corrected chi connectivity index (χ3v) is 3.96. The number of nitriles is 1. The van der Waals surface area contributed by atoms with Crippen LogP contribution in [0, 0.1) is 25.2 Å². The van der Waals surface area contributed by atoms with Crippen molar-refractivity contribution >= 4 is 5.78 Å². The zero-order valence-electron chi connectivity index (χ0n) is 13.9. The van der Waals surface area contributed by atoms with Crippen LogP contribution in [-0.2, 0) is 0 Å². The van der Waals surface area contributed by atoms with E-state index in [0.29, 0.717) is 11.1 Å². The molecule has 0 saturated heterocycles. The van der Waals surface area contributed by atoms with Gasteiger partial charge in [0.2, 0.25) is 0 Å². The average molecular weight is 329 g/mol. The first-order valence-electron chi connectivity index (χ1n) is 7.76. The summed E-state index contributed by atoms with van der Waals surface area (Å²) in [7, 11) is 0. The molecule has 0 saturated carbocycles. The number of carbonyl (C=O) groups excluding carboxylic acids is 1. The predicted octanol–water partition coefficient (Wildman–Crippen LogP) is 4.03. The second-order valence-corrected chi connectivity index (χ2v) is 5.86. The zero-order valence-corrected chi connectivity index (χ0v) is 13.9. The van der Waals surface area contributed by atoms with Crippen LogP contribution in [0.25, 0.3) is 11.3 Å². The number of nitrogens with zero attached hydrogens (tertiary/aromatic N) is 1. The zero-order chi connectivity index (χ0) is 18.0. The molecule has 25 heavy (non-hydrogen) atoms. The van der Waals surface area contributed by atoms with Gasteiger partial charge in [0.05, 0.1) is 5.56 Å². The van der Waals surface area contributed by atoms with Crippen LogP contribution >= 0.6 is 0 Å². The Balaban J connectivity index is 2.16. The number of rotatable bonds is 3. The Morgan fingerprint density at radius 2 is 1.52 bits per heavy atom. The van der Waals surface area contributed by atoms with Crippen molar-refractivity contribution in [2.45, 2.75) is 13.8 Å². The summed E-state index contributed by atoms with van der Waals surface area (Å²) >= 11 is 0. The first kappa shape index (κ1) is 16.4.